The summed E-state index contributed by atoms with van der Waals surface area (Å²) in [7, 11) is 0. The number of aromatic amines is 1. The summed E-state index contributed by atoms with van der Waals surface area (Å²) in [6.45, 7) is 7.36. The molecule has 5 rings (SSSR count). The van der Waals surface area contributed by atoms with Crippen molar-refractivity contribution >= 4 is 10.9 Å². The molecule has 0 unspecified atom stereocenters. The van der Waals surface area contributed by atoms with Gasteiger partial charge in [0.15, 0.2) is 5.82 Å². The maximum absolute atomic E-state index is 13.0. The van der Waals surface area contributed by atoms with E-state index < -0.39 is 0 Å². The number of hydrogen-bond acceptors (Lipinski definition) is 6. The van der Waals surface area contributed by atoms with Crippen molar-refractivity contribution in [2.24, 2.45) is 0 Å². The minimum atomic E-state index is -0.0606. The number of hydrogen-bond donors (Lipinski definition) is 1. The molecule has 3 heterocycles. The zero-order valence-corrected chi connectivity index (χ0v) is 20.4. The Morgan fingerprint density at radius 1 is 1.09 bits per heavy atom. The number of rotatable bonds is 9. The van der Waals surface area contributed by atoms with Crippen molar-refractivity contribution in [1.82, 2.24) is 30.1 Å². The Hall–Kier alpha value is -3.36. The van der Waals surface area contributed by atoms with E-state index in [9.17, 15) is 4.79 Å². The average Bonchev–Trinajstić information content (AvgIpc) is 3.53. The van der Waals surface area contributed by atoms with Crippen LogP contribution in [0.2, 0.25) is 0 Å². The Kier molecular flexibility index (Phi) is 7.01. The normalized spacial score (nSPS) is 15.9. The molecule has 1 atom stereocenters. The largest absolute Gasteiger partial charge is 0.376 e. The summed E-state index contributed by atoms with van der Waals surface area (Å²) in [6, 6.07) is 16.7. The Labute approximate surface area is 204 Å². The summed E-state index contributed by atoms with van der Waals surface area (Å²) < 4.78 is 7.63. The molecular formula is C27H32N6O2. The molecule has 182 valence electrons. The van der Waals surface area contributed by atoms with Gasteiger partial charge in [-0.3, -0.25) is 9.69 Å². The summed E-state index contributed by atoms with van der Waals surface area (Å²) in [5.41, 5.74) is 5.19. The van der Waals surface area contributed by atoms with Crippen LogP contribution in [-0.4, -0.2) is 42.8 Å². The number of ether oxygens (including phenoxy) is 1. The molecule has 1 aliphatic heterocycles. The number of fused-ring (bicyclic) bond motifs is 1. The predicted octanol–water partition coefficient (Wildman–Crippen LogP) is 3.77. The van der Waals surface area contributed by atoms with Crippen LogP contribution in [0.25, 0.3) is 10.9 Å². The first kappa shape index (κ1) is 23.4. The van der Waals surface area contributed by atoms with Crippen LogP contribution in [0.3, 0.4) is 0 Å². The van der Waals surface area contributed by atoms with Gasteiger partial charge in [-0.05, 0) is 71.3 Å². The number of aromatic nitrogens is 5. The summed E-state index contributed by atoms with van der Waals surface area (Å²) in [4.78, 5) is 18.3. The van der Waals surface area contributed by atoms with E-state index in [1.165, 1.54) is 16.7 Å². The van der Waals surface area contributed by atoms with Gasteiger partial charge in [-0.2, -0.15) is 0 Å². The monoisotopic (exact) mass is 472 g/mol. The van der Waals surface area contributed by atoms with E-state index in [-0.39, 0.29) is 11.7 Å². The van der Waals surface area contributed by atoms with Gasteiger partial charge < -0.3 is 9.72 Å². The minimum Gasteiger partial charge on any atom is -0.376 e. The Morgan fingerprint density at radius 3 is 2.69 bits per heavy atom. The van der Waals surface area contributed by atoms with E-state index >= 15 is 0 Å². The van der Waals surface area contributed by atoms with Crippen LogP contribution < -0.4 is 5.56 Å². The fraction of sp³-hybridized carbons (Fsp3) is 0.407. The summed E-state index contributed by atoms with van der Waals surface area (Å²) in [5.74, 6) is 0.776. The number of benzene rings is 2. The first-order chi connectivity index (χ1) is 17.1. The van der Waals surface area contributed by atoms with Gasteiger partial charge in [0.05, 0.1) is 19.2 Å². The third-order valence-corrected chi connectivity index (χ3v) is 6.69. The van der Waals surface area contributed by atoms with E-state index in [0.717, 1.165) is 48.2 Å². The fourth-order valence-electron chi connectivity index (χ4n) is 4.66. The molecule has 8 heteroatoms. The van der Waals surface area contributed by atoms with Gasteiger partial charge in [-0.15, -0.1) is 5.10 Å². The standard InChI is InChI=1S/C27H32N6O2/c1-3-20-10-11-25-22(13-20)14-23(27(34)28-25)16-32(15-21-8-6-19(2)7-9-21)18-26-29-30-31-33(26)17-24-5-4-12-35-24/h6-11,13-14,24H,3-5,12,15-18H2,1-2H3,(H,28,34)/t24-/m0/s1. The van der Waals surface area contributed by atoms with Crippen LogP contribution in [0.4, 0.5) is 0 Å². The van der Waals surface area contributed by atoms with Crippen LogP contribution in [-0.2, 0) is 37.3 Å². The van der Waals surface area contributed by atoms with Crippen molar-refractivity contribution in [2.75, 3.05) is 6.61 Å². The molecule has 2 aromatic heterocycles. The van der Waals surface area contributed by atoms with Crippen molar-refractivity contribution in [2.45, 2.75) is 65.4 Å². The van der Waals surface area contributed by atoms with E-state index in [4.69, 9.17) is 4.74 Å². The molecule has 0 radical (unpaired) electrons. The molecular weight excluding hydrogens is 440 g/mol. The average molecular weight is 473 g/mol. The lowest BCUT2D eigenvalue weighted by Gasteiger charge is -2.22. The quantitative estimate of drug-likeness (QED) is 0.399. The van der Waals surface area contributed by atoms with Crippen molar-refractivity contribution in [3.8, 4) is 0 Å². The summed E-state index contributed by atoms with van der Waals surface area (Å²) >= 11 is 0. The van der Waals surface area contributed by atoms with E-state index in [2.05, 4.69) is 75.7 Å². The first-order valence-electron chi connectivity index (χ1n) is 12.4. The van der Waals surface area contributed by atoms with Crippen molar-refractivity contribution in [1.29, 1.82) is 0 Å². The number of tetrazole rings is 1. The molecule has 1 N–H and O–H groups in total. The number of pyridine rings is 1. The zero-order chi connectivity index (χ0) is 24.2. The molecule has 0 amide bonds. The van der Waals surface area contributed by atoms with E-state index in [0.29, 0.717) is 26.2 Å². The molecule has 0 bridgehead atoms. The lowest BCUT2D eigenvalue weighted by atomic mass is 10.1. The van der Waals surface area contributed by atoms with Gasteiger partial charge >= 0.3 is 0 Å². The predicted molar refractivity (Wildman–Crippen MR) is 135 cm³/mol. The molecule has 35 heavy (non-hydrogen) atoms. The maximum atomic E-state index is 13.0. The number of nitrogens with zero attached hydrogens (tertiary/aromatic N) is 5. The van der Waals surface area contributed by atoms with Crippen LogP contribution in [0.5, 0.6) is 0 Å². The highest BCUT2D eigenvalue weighted by Gasteiger charge is 2.21. The van der Waals surface area contributed by atoms with Crippen LogP contribution >= 0.6 is 0 Å². The first-order valence-corrected chi connectivity index (χ1v) is 12.4. The second kappa shape index (κ2) is 10.5. The third-order valence-electron chi connectivity index (χ3n) is 6.69. The van der Waals surface area contributed by atoms with Crippen molar-refractivity contribution in [3.05, 3.63) is 87.0 Å². The molecule has 2 aromatic carbocycles. The fourth-order valence-corrected chi connectivity index (χ4v) is 4.66. The highest BCUT2D eigenvalue weighted by Crippen LogP contribution is 2.18. The van der Waals surface area contributed by atoms with E-state index in [1.807, 2.05) is 16.8 Å². The maximum Gasteiger partial charge on any atom is 0.252 e. The van der Waals surface area contributed by atoms with Crippen LogP contribution in [0.1, 0.15) is 47.8 Å². The smallest absolute Gasteiger partial charge is 0.252 e. The van der Waals surface area contributed by atoms with Gasteiger partial charge in [0.1, 0.15) is 0 Å². The number of aryl methyl sites for hydroxylation is 2. The molecule has 0 aliphatic carbocycles. The van der Waals surface area contributed by atoms with Crippen LogP contribution in [0, 0.1) is 6.92 Å². The third kappa shape index (κ3) is 5.66. The van der Waals surface area contributed by atoms with Gasteiger partial charge in [0.25, 0.3) is 5.56 Å². The van der Waals surface area contributed by atoms with Crippen LogP contribution in [0.15, 0.2) is 53.3 Å². The summed E-state index contributed by atoms with van der Waals surface area (Å²) in [6.07, 6.45) is 3.21. The van der Waals surface area contributed by atoms with Crippen molar-refractivity contribution < 1.29 is 4.74 Å². The topological polar surface area (TPSA) is 88.9 Å². The SMILES string of the molecule is CCc1ccc2[nH]c(=O)c(CN(Cc3ccc(C)cc3)Cc3nnnn3C[C@@H]3CCCO3)cc2c1. The second-order valence-corrected chi connectivity index (χ2v) is 9.44. The molecule has 0 spiro atoms. The lowest BCUT2D eigenvalue weighted by molar-refractivity contribution is 0.0914. The molecule has 8 nitrogen and oxygen atoms in total. The highest BCUT2D eigenvalue weighted by atomic mass is 16.5. The minimum absolute atomic E-state index is 0.0606. The van der Waals surface area contributed by atoms with Crippen molar-refractivity contribution in [3.63, 3.8) is 0 Å². The molecule has 1 aliphatic rings. The van der Waals surface area contributed by atoms with E-state index in [1.54, 1.807) is 0 Å². The van der Waals surface area contributed by atoms with Gasteiger partial charge in [0.2, 0.25) is 0 Å². The molecule has 0 saturated carbocycles. The Morgan fingerprint density at radius 2 is 1.91 bits per heavy atom. The van der Waals surface area contributed by atoms with Gasteiger partial charge in [-0.1, -0.05) is 42.8 Å². The lowest BCUT2D eigenvalue weighted by Crippen LogP contribution is -2.29. The van der Waals surface area contributed by atoms with Gasteiger partial charge in [-0.25, -0.2) is 4.68 Å². The Bertz CT molecular complexity index is 1340. The summed E-state index contributed by atoms with van der Waals surface area (Å²) in [5, 5.41) is 13.5. The van der Waals surface area contributed by atoms with Gasteiger partial charge in [0, 0.05) is 30.8 Å². The second-order valence-electron chi connectivity index (χ2n) is 9.44. The molecule has 1 fully saturated rings. The Balaban J connectivity index is 1.43. The zero-order valence-electron chi connectivity index (χ0n) is 20.4. The highest BCUT2D eigenvalue weighted by molar-refractivity contribution is 5.79. The number of nitrogens with one attached hydrogen (secondary N) is 1. The molecule has 4 aromatic rings. The molecule has 1 saturated heterocycles. The number of H-pyrrole nitrogens is 1.